The molecular weight excluding hydrogens is 240 g/mol. The van der Waals surface area contributed by atoms with Gasteiger partial charge in [-0.3, -0.25) is 0 Å². The average Bonchev–Trinajstić information content (AvgIpc) is 2.48. The van der Waals surface area contributed by atoms with Crippen molar-refractivity contribution in [2.75, 3.05) is 7.11 Å². The van der Waals surface area contributed by atoms with E-state index in [9.17, 15) is 13.2 Å². The summed E-state index contributed by atoms with van der Waals surface area (Å²) in [5.41, 5.74) is 1.87. The Morgan fingerprint density at radius 1 is 1.41 bits per heavy atom. The number of carbonyl (C=O) groups is 1. The summed E-state index contributed by atoms with van der Waals surface area (Å²) in [6, 6.07) is 3.21. The van der Waals surface area contributed by atoms with Crippen LogP contribution in [-0.4, -0.2) is 26.7 Å². The summed E-state index contributed by atoms with van der Waals surface area (Å²) in [4.78, 5) is 11.8. The van der Waals surface area contributed by atoms with Gasteiger partial charge >= 0.3 is 5.97 Å². The van der Waals surface area contributed by atoms with E-state index in [1.54, 1.807) is 19.9 Å². The van der Waals surface area contributed by atoms with Crippen molar-refractivity contribution in [3.8, 4) is 0 Å². The highest BCUT2D eigenvalue weighted by molar-refractivity contribution is 7.92. The number of esters is 1. The third kappa shape index (κ3) is 1.74. The topological polar surface area (TPSA) is 60.4 Å². The van der Waals surface area contributed by atoms with Crippen LogP contribution in [0.5, 0.6) is 0 Å². The number of benzene rings is 1. The first kappa shape index (κ1) is 12.1. The molecule has 2 rings (SSSR count). The van der Waals surface area contributed by atoms with E-state index in [1.807, 2.05) is 0 Å². The van der Waals surface area contributed by atoms with Crippen molar-refractivity contribution < 1.29 is 17.9 Å². The number of hydrogen-bond acceptors (Lipinski definition) is 4. The molecule has 0 radical (unpaired) electrons. The molecule has 1 heterocycles. The quantitative estimate of drug-likeness (QED) is 0.713. The first-order valence-electron chi connectivity index (χ1n) is 5.33. The summed E-state index contributed by atoms with van der Waals surface area (Å²) >= 11 is 0. The third-order valence-corrected chi connectivity index (χ3v) is 5.38. The van der Waals surface area contributed by atoms with Gasteiger partial charge in [-0.05, 0) is 37.5 Å². The standard InChI is InChI=1S/C12H14O4S/c1-7-4-9-5-8(2)17(14,15)11(9)6-10(7)12(13)16-3/h4,6,8H,5H2,1-3H3. The lowest BCUT2D eigenvalue weighted by atomic mass is 10.0. The minimum absolute atomic E-state index is 0.274. The summed E-state index contributed by atoms with van der Waals surface area (Å²) in [5, 5.41) is -0.412. The minimum atomic E-state index is -3.27. The van der Waals surface area contributed by atoms with E-state index < -0.39 is 21.1 Å². The second-order valence-electron chi connectivity index (χ2n) is 4.33. The number of carbonyl (C=O) groups excluding carboxylic acids is 1. The fourth-order valence-corrected chi connectivity index (χ4v) is 3.76. The maximum Gasteiger partial charge on any atom is 0.338 e. The molecule has 0 saturated carbocycles. The number of ether oxygens (including phenoxy) is 1. The highest BCUT2D eigenvalue weighted by Crippen LogP contribution is 2.33. The van der Waals surface area contributed by atoms with Gasteiger partial charge in [0.05, 0.1) is 22.8 Å². The predicted octanol–water partition coefficient (Wildman–Crippen LogP) is 1.50. The summed E-state index contributed by atoms with van der Waals surface area (Å²) in [6.07, 6.45) is 0.514. The van der Waals surface area contributed by atoms with E-state index in [0.717, 1.165) is 11.1 Å². The molecule has 1 atom stereocenters. The highest BCUT2D eigenvalue weighted by atomic mass is 32.2. The van der Waals surface area contributed by atoms with E-state index in [0.29, 0.717) is 12.0 Å². The molecule has 0 N–H and O–H groups in total. The van der Waals surface area contributed by atoms with Crippen LogP contribution in [0.1, 0.15) is 28.4 Å². The van der Waals surface area contributed by atoms with Crippen molar-refractivity contribution in [3.63, 3.8) is 0 Å². The predicted molar refractivity (Wildman–Crippen MR) is 62.9 cm³/mol. The summed E-state index contributed by atoms with van der Waals surface area (Å²) < 4.78 is 28.7. The summed E-state index contributed by atoms with van der Waals surface area (Å²) in [5.74, 6) is -0.500. The maximum absolute atomic E-state index is 12.0. The van der Waals surface area contributed by atoms with E-state index >= 15 is 0 Å². The minimum Gasteiger partial charge on any atom is -0.465 e. The molecule has 4 nitrogen and oxygen atoms in total. The van der Waals surface area contributed by atoms with Gasteiger partial charge in [-0.2, -0.15) is 0 Å². The maximum atomic E-state index is 12.0. The molecule has 92 valence electrons. The van der Waals surface area contributed by atoms with Crippen molar-refractivity contribution in [3.05, 3.63) is 28.8 Å². The third-order valence-electron chi connectivity index (χ3n) is 3.16. The zero-order chi connectivity index (χ0) is 12.8. The van der Waals surface area contributed by atoms with Gasteiger partial charge in [-0.1, -0.05) is 6.07 Å². The average molecular weight is 254 g/mol. The van der Waals surface area contributed by atoms with Gasteiger partial charge in [0.15, 0.2) is 9.84 Å². The first-order valence-corrected chi connectivity index (χ1v) is 6.88. The van der Waals surface area contributed by atoms with Crippen LogP contribution in [0, 0.1) is 6.92 Å². The van der Waals surface area contributed by atoms with E-state index in [1.165, 1.54) is 13.2 Å². The molecule has 1 aromatic carbocycles. The van der Waals surface area contributed by atoms with Gasteiger partial charge in [0.1, 0.15) is 0 Å². The second kappa shape index (κ2) is 3.84. The molecule has 1 aliphatic rings. The van der Waals surface area contributed by atoms with Gasteiger partial charge in [0.25, 0.3) is 0 Å². The molecule has 0 saturated heterocycles. The van der Waals surface area contributed by atoms with Gasteiger partial charge in [-0.15, -0.1) is 0 Å². The molecule has 0 amide bonds. The smallest absolute Gasteiger partial charge is 0.338 e. The summed E-state index contributed by atoms with van der Waals surface area (Å²) in [6.45, 7) is 3.46. The number of hydrogen-bond donors (Lipinski definition) is 0. The molecule has 17 heavy (non-hydrogen) atoms. The van der Waals surface area contributed by atoms with E-state index in [2.05, 4.69) is 4.74 Å². The molecule has 0 aliphatic carbocycles. The monoisotopic (exact) mass is 254 g/mol. The molecule has 0 fully saturated rings. The van der Waals surface area contributed by atoms with E-state index in [-0.39, 0.29) is 4.90 Å². The number of rotatable bonds is 1. The fourth-order valence-electron chi connectivity index (χ4n) is 2.14. The van der Waals surface area contributed by atoms with Crippen molar-refractivity contribution in [1.29, 1.82) is 0 Å². The lowest BCUT2D eigenvalue weighted by Gasteiger charge is -2.06. The van der Waals surface area contributed by atoms with Crippen LogP contribution in [0.3, 0.4) is 0 Å². The van der Waals surface area contributed by atoms with Crippen LogP contribution < -0.4 is 0 Å². The Labute approximate surface area is 101 Å². The number of fused-ring (bicyclic) bond motifs is 1. The molecule has 1 aromatic rings. The fraction of sp³-hybridized carbons (Fsp3) is 0.417. The van der Waals surface area contributed by atoms with Crippen molar-refractivity contribution in [2.45, 2.75) is 30.4 Å². The Hall–Kier alpha value is -1.36. The van der Waals surface area contributed by atoms with Crippen LogP contribution >= 0.6 is 0 Å². The Morgan fingerprint density at radius 3 is 2.65 bits per heavy atom. The first-order chi connectivity index (χ1) is 7.87. The molecule has 0 spiro atoms. The second-order valence-corrected chi connectivity index (χ2v) is 6.66. The molecule has 1 unspecified atom stereocenters. The lowest BCUT2D eigenvalue weighted by molar-refractivity contribution is 0.0599. The van der Waals surface area contributed by atoms with Crippen LogP contribution in [0.15, 0.2) is 17.0 Å². The van der Waals surface area contributed by atoms with Crippen molar-refractivity contribution in [2.24, 2.45) is 0 Å². The van der Waals surface area contributed by atoms with Crippen LogP contribution in [0.25, 0.3) is 0 Å². The zero-order valence-corrected chi connectivity index (χ0v) is 10.8. The molecule has 0 bridgehead atoms. The number of sulfone groups is 1. The summed E-state index contributed by atoms with van der Waals surface area (Å²) in [7, 11) is -1.99. The Balaban J connectivity index is 2.66. The molecule has 1 aliphatic heterocycles. The number of methoxy groups -OCH3 is 1. The Bertz CT molecular complexity index is 587. The largest absolute Gasteiger partial charge is 0.465 e. The van der Waals surface area contributed by atoms with Crippen LogP contribution in [-0.2, 0) is 21.0 Å². The van der Waals surface area contributed by atoms with Crippen molar-refractivity contribution >= 4 is 15.8 Å². The van der Waals surface area contributed by atoms with E-state index in [4.69, 9.17) is 0 Å². The van der Waals surface area contributed by atoms with Gasteiger partial charge < -0.3 is 4.74 Å². The number of aryl methyl sites for hydroxylation is 1. The normalized spacial score (nSPS) is 21.0. The molecule has 5 heteroatoms. The Kier molecular flexibility index (Phi) is 2.73. The zero-order valence-electron chi connectivity index (χ0n) is 9.98. The van der Waals surface area contributed by atoms with Crippen LogP contribution in [0.4, 0.5) is 0 Å². The van der Waals surface area contributed by atoms with Gasteiger partial charge in [0.2, 0.25) is 0 Å². The van der Waals surface area contributed by atoms with Gasteiger partial charge in [0, 0.05) is 0 Å². The molecular formula is C12H14O4S. The lowest BCUT2D eigenvalue weighted by Crippen LogP contribution is -2.12. The van der Waals surface area contributed by atoms with Crippen LogP contribution in [0.2, 0.25) is 0 Å². The SMILES string of the molecule is COC(=O)c1cc2c(cc1C)CC(C)S2(=O)=O. The van der Waals surface area contributed by atoms with Crippen molar-refractivity contribution in [1.82, 2.24) is 0 Å². The Morgan fingerprint density at radius 2 is 2.06 bits per heavy atom. The van der Waals surface area contributed by atoms with Gasteiger partial charge in [-0.25, -0.2) is 13.2 Å². The highest BCUT2D eigenvalue weighted by Gasteiger charge is 2.34. The molecule has 0 aromatic heterocycles.